The lowest BCUT2D eigenvalue weighted by Crippen LogP contribution is -2.09. The molecule has 5 nitrogen and oxygen atoms in total. The molecule has 0 radical (unpaired) electrons. The third-order valence-electron chi connectivity index (χ3n) is 2.20. The predicted octanol–water partition coefficient (Wildman–Crippen LogP) is 2.82. The number of ether oxygens (including phenoxy) is 1. The molecule has 0 unspecified atom stereocenters. The van der Waals surface area contributed by atoms with Gasteiger partial charge in [-0.05, 0) is 21.5 Å². The van der Waals surface area contributed by atoms with Crippen molar-refractivity contribution >= 4 is 28.5 Å². The molecule has 0 amide bonds. The van der Waals surface area contributed by atoms with Gasteiger partial charge in [-0.25, -0.2) is 4.98 Å². The largest absolute Gasteiger partial charge is 0.470 e. The zero-order chi connectivity index (χ0) is 13.5. The third kappa shape index (κ3) is 3.96. The van der Waals surface area contributed by atoms with E-state index in [1.54, 1.807) is 12.4 Å². The minimum atomic E-state index is 0.285. The molecule has 0 N–H and O–H groups in total. The molecule has 6 heteroatoms. The molecular weight excluding hydrogens is 308 g/mol. The normalized spacial score (nSPS) is 11.1. The molecule has 19 heavy (non-hydrogen) atoms. The Morgan fingerprint density at radius 3 is 2.74 bits per heavy atom. The van der Waals surface area contributed by atoms with E-state index >= 15 is 0 Å². The Kier molecular flexibility index (Phi) is 4.74. The van der Waals surface area contributed by atoms with Crippen molar-refractivity contribution in [2.75, 3.05) is 0 Å². The Balaban J connectivity index is 2.14. The second kappa shape index (κ2) is 6.75. The van der Waals surface area contributed by atoms with Gasteiger partial charge in [-0.1, -0.05) is 30.3 Å². The Hall–Kier alpha value is -2.08. The predicted molar refractivity (Wildman–Crippen MR) is 77.0 cm³/mol. The van der Waals surface area contributed by atoms with Crippen molar-refractivity contribution in [2.24, 2.45) is 10.2 Å². The van der Waals surface area contributed by atoms with Gasteiger partial charge in [0.2, 0.25) is 0 Å². The summed E-state index contributed by atoms with van der Waals surface area (Å²) in [6.07, 6.45) is 3.14. The molecular formula is C13H11BrN4O. The van der Waals surface area contributed by atoms with Crippen LogP contribution in [0, 0.1) is 0 Å². The molecule has 0 saturated heterocycles. The van der Waals surface area contributed by atoms with Crippen molar-refractivity contribution in [3.8, 4) is 0 Å². The van der Waals surface area contributed by atoms with Crippen LogP contribution in [0.5, 0.6) is 0 Å². The average Bonchev–Trinajstić information content (AvgIpc) is 2.44. The van der Waals surface area contributed by atoms with Gasteiger partial charge in [0, 0.05) is 6.72 Å². The van der Waals surface area contributed by atoms with Crippen LogP contribution in [0.1, 0.15) is 11.3 Å². The van der Waals surface area contributed by atoms with Crippen LogP contribution >= 0.6 is 15.9 Å². The fraction of sp³-hybridized carbons (Fsp3) is 0.0769. The molecule has 0 bridgehead atoms. The lowest BCUT2D eigenvalue weighted by atomic mass is 10.2. The zero-order valence-corrected chi connectivity index (χ0v) is 11.6. The summed E-state index contributed by atoms with van der Waals surface area (Å²) < 4.78 is 6.20. The highest BCUT2D eigenvalue weighted by molar-refractivity contribution is 9.10. The molecule has 0 aliphatic heterocycles. The average molecular weight is 319 g/mol. The zero-order valence-electron chi connectivity index (χ0n) is 10.0. The maximum atomic E-state index is 5.60. The van der Waals surface area contributed by atoms with Crippen LogP contribution in [-0.4, -0.2) is 22.6 Å². The molecule has 2 rings (SSSR count). The first-order chi connectivity index (χ1) is 9.29. The molecule has 0 aliphatic rings. The van der Waals surface area contributed by atoms with E-state index in [4.69, 9.17) is 4.74 Å². The lowest BCUT2D eigenvalue weighted by Gasteiger charge is -2.07. The second-order valence-corrected chi connectivity index (χ2v) is 4.36. The van der Waals surface area contributed by atoms with Crippen LogP contribution in [0.2, 0.25) is 0 Å². The maximum absolute atomic E-state index is 5.60. The van der Waals surface area contributed by atoms with E-state index < -0.39 is 0 Å². The summed E-state index contributed by atoms with van der Waals surface area (Å²) in [6.45, 7) is 3.70. The smallest absolute Gasteiger partial charge is 0.261 e. The standard InChI is InChI=1S/C13H11BrN4O/c1-15-18-13(11-7-16-8-12(14)17-11)19-9-10-5-3-2-4-6-10/h2-8H,1,9H2/b18-13-. The van der Waals surface area contributed by atoms with Crippen molar-refractivity contribution < 1.29 is 4.74 Å². The Bertz CT molecular complexity index is 586. The van der Waals surface area contributed by atoms with E-state index in [-0.39, 0.29) is 5.90 Å². The van der Waals surface area contributed by atoms with Gasteiger partial charge in [-0.3, -0.25) is 4.98 Å². The van der Waals surface area contributed by atoms with Crippen molar-refractivity contribution in [3.05, 3.63) is 58.6 Å². The summed E-state index contributed by atoms with van der Waals surface area (Å²) in [6, 6.07) is 9.76. The number of benzene rings is 1. The Labute approximate surface area is 119 Å². The summed E-state index contributed by atoms with van der Waals surface area (Å²) in [5.74, 6) is 0.285. The number of aromatic nitrogens is 2. The summed E-state index contributed by atoms with van der Waals surface area (Å²) in [4.78, 5) is 8.23. The van der Waals surface area contributed by atoms with Gasteiger partial charge in [-0.15, -0.1) is 5.10 Å². The van der Waals surface area contributed by atoms with E-state index in [9.17, 15) is 0 Å². The van der Waals surface area contributed by atoms with Crippen molar-refractivity contribution in [2.45, 2.75) is 6.61 Å². The van der Waals surface area contributed by atoms with Crippen LogP contribution in [0.25, 0.3) is 0 Å². The summed E-state index contributed by atoms with van der Waals surface area (Å²) in [7, 11) is 0. The highest BCUT2D eigenvalue weighted by atomic mass is 79.9. The summed E-state index contributed by atoms with van der Waals surface area (Å²) >= 11 is 3.25. The van der Waals surface area contributed by atoms with Gasteiger partial charge in [0.25, 0.3) is 5.90 Å². The minimum Gasteiger partial charge on any atom is -0.470 e. The number of nitrogens with zero attached hydrogens (tertiary/aromatic N) is 4. The highest BCUT2D eigenvalue weighted by Crippen LogP contribution is 2.08. The quantitative estimate of drug-likeness (QED) is 0.495. The highest BCUT2D eigenvalue weighted by Gasteiger charge is 2.08. The molecule has 0 atom stereocenters. The first-order valence-corrected chi connectivity index (χ1v) is 6.27. The number of halogens is 1. The molecule has 0 fully saturated rings. The first kappa shape index (κ1) is 13.4. The van der Waals surface area contributed by atoms with Crippen LogP contribution in [0.4, 0.5) is 0 Å². The molecule has 2 aromatic rings. The SMILES string of the molecule is C=N/N=C(\OCc1ccccc1)c1cncc(Br)n1. The van der Waals surface area contributed by atoms with Crippen LogP contribution in [-0.2, 0) is 11.3 Å². The molecule has 0 aliphatic carbocycles. The molecule has 0 saturated carbocycles. The van der Waals surface area contributed by atoms with E-state index in [1.165, 1.54) is 0 Å². The number of hydrogen-bond acceptors (Lipinski definition) is 5. The van der Waals surface area contributed by atoms with Crippen molar-refractivity contribution in [1.82, 2.24) is 9.97 Å². The van der Waals surface area contributed by atoms with Gasteiger partial charge in [0.05, 0.1) is 12.4 Å². The fourth-order valence-electron chi connectivity index (χ4n) is 1.39. The van der Waals surface area contributed by atoms with Gasteiger partial charge < -0.3 is 4.74 Å². The third-order valence-corrected chi connectivity index (χ3v) is 2.59. The second-order valence-electron chi connectivity index (χ2n) is 3.55. The Morgan fingerprint density at radius 2 is 2.05 bits per heavy atom. The minimum absolute atomic E-state index is 0.285. The van der Waals surface area contributed by atoms with Gasteiger partial charge in [0.15, 0.2) is 0 Å². The van der Waals surface area contributed by atoms with Crippen LogP contribution in [0.15, 0.2) is 57.5 Å². The van der Waals surface area contributed by atoms with E-state index in [2.05, 4.69) is 42.8 Å². The monoisotopic (exact) mass is 318 g/mol. The number of rotatable bonds is 4. The summed E-state index contributed by atoms with van der Waals surface area (Å²) in [5, 5.41) is 7.32. The van der Waals surface area contributed by atoms with E-state index in [1.807, 2.05) is 30.3 Å². The number of hydrogen-bond donors (Lipinski definition) is 0. The van der Waals surface area contributed by atoms with Crippen molar-refractivity contribution in [1.29, 1.82) is 0 Å². The van der Waals surface area contributed by atoms with Gasteiger partial charge in [0.1, 0.15) is 16.9 Å². The van der Waals surface area contributed by atoms with Crippen LogP contribution < -0.4 is 0 Å². The molecule has 1 aromatic carbocycles. The lowest BCUT2D eigenvalue weighted by molar-refractivity contribution is 0.291. The summed E-state index contributed by atoms with van der Waals surface area (Å²) in [5.41, 5.74) is 1.53. The topological polar surface area (TPSA) is 59.7 Å². The molecule has 0 spiro atoms. The Morgan fingerprint density at radius 1 is 1.26 bits per heavy atom. The fourth-order valence-corrected chi connectivity index (χ4v) is 1.70. The maximum Gasteiger partial charge on any atom is 0.261 e. The van der Waals surface area contributed by atoms with Gasteiger partial charge in [-0.2, -0.15) is 5.10 Å². The first-order valence-electron chi connectivity index (χ1n) is 5.48. The van der Waals surface area contributed by atoms with E-state index in [0.29, 0.717) is 16.9 Å². The van der Waals surface area contributed by atoms with Gasteiger partial charge >= 0.3 is 0 Å². The van der Waals surface area contributed by atoms with Crippen molar-refractivity contribution in [3.63, 3.8) is 0 Å². The molecule has 96 valence electrons. The van der Waals surface area contributed by atoms with E-state index in [0.717, 1.165) is 5.56 Å². The van der Waals surface area contributed by atoms with Crippen LogP contribution in [0.3, 0.4) is 0 Å². The molecule has 1 heterocycles. The molecule has 1 aromatic heterocycles.